The van der Waals surface area contributed by atoms with Crippen LogP contribution in [0.2, 0.25) is 0 Å². The topological polar surface area (TPSA) is 51.2 Å². The fourth-order valence-electron chi connectivity index (χ4n) is 3.69. The standard InChI is InChI=1S/C22H23FO3S/c1-14(2)22(3)13-19(24)20(15-5-9-17(23)10-6-15)21(22)16-7-11-18(12-8-16)27(4,25)26/h5-12,14H,13H2,1-4H3. The Morgan fingerprint density at radius 1 is 0.963 bits per heavy atom. The zero-order chi connectivity index (χ0) is 20.0. The molecule has 0 aromatic heterocycles. The van der Waals surface area contributed by atoms with Crippen molar-refractivity contribution in [1.29, 1.82) is 0 Å². The van der Waals surface area contributed by atoms with E-state index in [1.165, 1.54) is 18.4 Å². The smallest absolute Gasteiger partial charge is 0.175 e. The van der Waals surface area contributed by atoms with Crippen molar-refractivity contribution < 1.29 is 17.6 Å². The first-order valence-corrected chi connectivity index (χ1v) is 10.8. The molecule has 0 saturated heterocycles. The third-order valence-electron chi connectivity index (χ3n) is 5.61. The summed E-state index contributed by atoms with van der Waals surface area (Å²) in [6.07, 6.45) is 1.54. The van der Waals surface area contributed by atoms with Crippen molar-refractivity contribution in [3.05, 3.63) is 65.5 Å². The average Bonchev–Trinajstić information content (AvgIpc) is 2.87. The third-order valence-corrected chi connectivity index (χ3v) is 6.73. The van der Waals surface area contributed by atoms with E-state index >= 15 is 0 Å². The Morgan fingerprint density at radius 3 is 1.96 bits per heavy atom. The van der Waals surface area contributed by atoms with Crippen LogP contribution >= 0.6 is 0 Å². The molecule has 1 aliphatic rings. The van der Waals surface area contributed by atoms with E-state index in [9.17, 15) is 17.6 Å². The van der Waals surface area contributed by atoms with Gasteiger partial charge < -0.3 is 0 Å². The second-order valence-electron chi connectivity index (χ2n) is 7.73. The van der Waals surface area contributed by atoms with Crippen molar-refractivity contribution in [3.8, 4) is 0 Å². The summed E-state index contributed by atoms with van der Waals surface area (Å²) in [4.78, 5) is 13.2. The monoisotopic (exact) mass is 386 g/mol. The van der Waals surface area contributed by atoms with E-state index in [2.05, 4.69) is 20.8 Å². The van der Waals surface area contributed by atoms with Crippen LogP contribution in [0.4, 0.5) is 4.39 Å². The normalized spacial score (nSPS) is 20.6. The van der Waals surface area contributed by atoms with Crippen LogP contribution < -0.4 is 0 Å². The fourth-order valence-corrected chi connectivity index (χ4v) is 4.32. The molecule has 2 aromatic carbocycles. The van der Waals surface area contributed by atoms with Gasteiger partial charge in [-0.05, 0) is 46.9 Å². The molecule has 1 atom stereocenters. The van der Waals surface area contributed by atoms with Crippen LogP contribution in [0.3, 0.4) is 0 Å². The van der Waals surface area contributed by atoms with E-state index in [1.807, 2.05) is 0 Å². The van der Waals surface area contributed by atoms with Crippen molar-refractivity contribution in [1.82, 2.24) is 0 Å². The van der Waals surface area contributed by atoms with Gasteiger partial charge in [-0.3, -0.25) is 4.79 Å². The van der Waals surface area contributed by atoms with E-state index in [0.29, 0.717) is 17.6 Å². The Hall–Kier alpha value is -2.27. The SMILES string of the molecule is CC(C)C1(C)CC(=O)C(c2ccc(F)cc2)=C1c1ccc(S(C)(=O)=O)cc1. The van der Waals surface area contributed by atoms with Crippen molar-refractivity contribution in [3.63, 3.8) is 0 Å². The minimum Gasteiger partial charge on any atom is -0.294 e. The molecule has 0 heterocycles. The summed E-state index contributed by atoms with van der Waals surface area (Å²) in [5.74, 6) is -0.126. The van der Waals surface area contributed by atoms with Crippen LogP contribution in [0.5, 0.6) is 0 Å². The molecule has 2 aromatic rings. The van der Waals surface area contributed by atoms with Crippen LogP contribution in [0.15, 0.2) is 53.4 Å². The molecule has 1 aliphatic carbocycles. The van der Waals surface area contributed by atoms with Crippen molar-refractivity contribution >= 4 is 26.8 Å². The maximum Gasteiger partial charge on any atom is 0.175 e. The molecule has 27 heavy (non-hydrogen) atoms. The third kappa shape index (κ3) is 3.48. The largest absolute Gasteiger partial charge is 0.294 e. The Bertz CT molecular complexity index is 1020. The number of carbonyl (C=O) groups excluding carboxylic acids is 1. The Balaban J connectivity index is 2.26. The van der Waals surface area contributed by atoms with Gasteiger partial charge in [-0.15, -0.1) is 0 Å². The number of sulfone groups is 1. The Labute approximate surface area is 159 Å². The fraction of sp³-hybridized carbons (Fsp3) is 0.318. The molecule has 0 amide bonds. The molecule has 0 spiro atoms. The van der Waals surface area contributed by atoms with E-state index < -0.39 is 9.84 Å². The van der Waals surface area contributed by atoms with Gasteiger partial charge in [0.25, 0.3) is 0 Å². The highest BCUT2D eigenvalue weighted by molar-refractivity contribution is 7.90. The number of Topliss-reactive ketones (excluding diaryl/α,β-unsaturated/α-hetero) is 1. The number of halogens is 1. The minimum atomic E-state index is -3.29. The summed E-state index contributed by atoms with van der Waals surface area (Å²) in [5.41, 5.74) is 2.62. The van der Waals surface area contributed by atoms with Gasteiger partial charge in [0.1, 0.15) is 5.82 Å². The summed E-state index contributed by atoms with van der Waals surface area (Å²) < 4.78 is 36.9. The van der Waals surface area contributed by atoms with Gasteiger partial charge in [0.2, 0.25) is 0 Å². The van der Waals surface area contributed by atoms with Gasteiger partial charge in [-0.25, -0.2) is 12.8 Å². The van der Waals surface area contributed by atoms with Gasteiger partial charge in [0.05, 0.1) is 4.90 Å². The predicted molar refractivity (Wildman–Crippen MR) is 105 cm³/mol. The van der Waals surface area contributed by atoms with Gasteiger partial charge in [-0.2, -0.15) is 0 Å². The van der Waals surface area contributed by atoms with Crippen LogP contribution in [0.1, 0.15) is 38.3 Å². The van der Waals surface area contributed by atoms with Gasteiger partial charge in [0.15, 0.2) is 15.6 Å². The molecule has 1 unspecified atom stereocenters. The predicted octanol–water partition coefficient (Wildman–Crippen LogP) is 4.78. The van der Waals surface area contributed by atoms with E-state index in [0.717, 1.165) is 11.1 Å². The summed E-state index contributed by atoms with van der Waals surface area (Å²) in [5, 5.41) is 0. The lowest BCUT2D eigenvalue weighted by Gasteiger charge is -2.32. The van der Waals surface area contributed by atoms with Crippen LogP contribution in [0, 0.1) is 17.2 Å². The lowest BCUT2D eigenvalue weighted by atomic mass is 9.71. The highest BCUT2D eigenvalue weighted by atomic mass is 32.2. The van der Waals surface area contributed by atoms with E-state index in [-0.39, 0.29) is 27.8 Å². The molecule has 0 saturated carbocycles. The zero-order valence-electron chi connectivity index (χ0n) is 15.9. The lowest BCUT2D eigenvalue weighted by Crippen LogP contribution is -2.23. The van der Waals surface area contributed by atoms with Crippen LogP contribution in [-0.2, 0) is 14.6 Å². The van der Waals surface area contributed by atoms with Gasteiger partial charge >= 0.3 is 0 Å². The molecule has 0 aliphatic heterocycles. The highest BCUT2D eigenvalue weighted by Gasteiger charge is 2.44. The molecule has 0 N–H and O–H groups in total. The van der Waals surface area contributed by atoms with Gasteiger partial charge in [-0.1, -0.05) is 45.0 Å². The molecule has 5 heteroatoms. The van der Waals surface area contributed by atoms with E-state index in [1.54, 1.807) is 36.4 Å². The van der Waals surface area contributed by atoms with Crippen molar-refractivity contribution in [2.24, 2.45) is 11.3 Å². The number of carbonyl (C=O) groups is 1. The molecule has 3 rings (SSSR count). The molecule has 3 nitrogen and oxygen atoms in total. The number of hydrogen-bond acceptors (Lipinski definition) is 3. The maximum absolute atomic E-state index is 13.4. The molecule has 142 valence electrons. The first-order valence-electron chi connectivity index (χ1n) is 8.88. The van der Waals surface area contributed by atoms with Crippen molar-refractivity contribution in [2.45, 2.75) is 32.1 Å². The maximum atomic E-state index is 13.4. The van der Waals surface area contributed by atoms with Gasteiger partial charge in [0, 0.05) is 23.7 Å². The van der Waals surface area contributed by atoms with Crippen LogP contribution in [-0.4, -0.2) is 20.5 Å². The molecule has 0 radical (unpaired) electrons. The van der Waals surface area contributed by atoms with Crippen LogP contribution in [0.25, 0.3) is 11.1 Å². The molecular formula is C22H23FO3S. The summed E-state index contributed by atoms with van der Waals surface area (Å²) >= 11 is 0. The summed E-state index contributed by atoms with van der Waals surface area (Å²) in [6.45, 7) is 6.21. The lowest BCUT2D eigenvalue weighted by molar-refractivity contribution is -0.114. The van der Waals surface area contributed by atoms with E-state index in [4.69, 9.17) is 0 Å². The second-order valence-corrected chi connectivity index (χ2v) is 9.74. The number of rotatable bonds is 4. The number of ketones is 1. The number of hydrogen-bond donors (Lipinski definition) is 0. The zero-order valence-corrected chi connectivity index (χ0v) is 16.7. The Kier molecular flexibility index (Phi) is 4.85. The first-order chi connectivity index (χ1) is 12.5. The summed E-state index contributed by atoms with van der Waals surface area (Å²) in [6, 6.07) is 12.6. The minimum absolute atomic E-state index is 0.0278. The number of benzene rings is 2. The molecule has 0 fully saturated rings. The Morgan fingerprint density at radius 2 is 1.48 bits per heavy atom. The molecule has 0 bridgehead atoms. The summed E-state index contributed by atoms with van der Waals surface area (Å²) in [7, 11) is -3.29. The average molecular weight is 386 g/mol. The second kappa shape index (κ2) is 6.71. The molecular weight excluding hydrogens is 363 g/mol. The quantitative estimate of drug-likeness (QED) is 0.760. The van der Waals surface area contributed by atoms with Crippen molar-refractivity contribution in [2.75, 3.05) is 6.26 Å². The number of allylic oxidation sites excluding steroid dienone is 2. The highest BCUT2D eigenvalue weighted by Crippen LogP contribution is 2.53. The first kappa shape index (κ1) is 19.5.